The maximum absolute atomic E-state index is 11.1. The second kappa shape index (κ2) is 5.93. The first-order valence-corrected chi connectivity index (χ1v) is 6.54. The van der Waals surface area contributed by atoms with E-state index in [1.807, 2.05) is 38.1 Å². The highest BCUT2D eigenvalue weighted by atomic mass is 16.5. The number of carboxylic acid groups (broad SMARTS) is 1. The molecule has 19 heavy (non-hydrogen) atoms. The number of benzene rings is 1. The van der Waals surface area contributed by atoms with Crippen LogP contribution in [-0.2, 0) is 0 Å². The van der Waals surface area contributed by atoms with Crippen molar-refractivity contribution in [3.05, 3.63) is 29.8 Å². The molecule has 1 unspecified atom stereocenters. The number of nitrogens with zero attached hydrogens (tertiary/aromatic N) is 1. The molecular weight excluding hydrogens is 244 g/mol. The molecule has 0 aliphatic carbocycles. The van der Waals surface area contributed by atoms with Crippen molar-refractivity contribution in [2.24, 2.45) is 0 Å². The third kappa shape index (κ3) is 3.38. The van der Waals surface area contributed by atoms with Crippen molar-refractivity contribution in [1.29, 1.82) is 0 Å². The fourth-order valence-corrected chi connectivity index (χ4v) is 2.26. The molecule has 5 nitrogen and oxygen atoms in total. The number of carbonyl (C=O) groups is 1. The first-order valence-electron chi connectivity index (χ1n) is 6.54. The van der Waals surface area contributed by atoms with Crippen LogP contribution >= 0.6 is 0 Å². The minimum Gasteiger partial charge on any atom is -0.491 e. The first-order chi connectivity index (χ1) is 9.08. The number of para-hydroxylation sites is 1. The van der Waals surface area contributed by atoms with Gasteiger partial charge in [0.15, 0.2) is 0 Å². The van der Waals surface area contributed by atoms with Crippen LogP contribution < -0.4 is 10.1 Å². The fraction of sp³-hybridized carbons (Fsp3) is 0.500. The van der Waals surface area contributed by atoms with Gasteiger partial charge in [-0.2, -0.15) is 0 Å². The molecule has 0 spiro atoms. The van der Waals surface area contributed by atoms with E-state index >= 15 is 0 Å². The molecule has 1 heterocycles. The third-order valence-corrected chi connectivity index (χ3v) is 3.10. The number of hydrogen-bond acceptors (Lipinski definition) is 3. The SMILES string of the molecule is CC(C)Oc1ccccc1C1CN(C(=O)O)CCN1. The lowest BCUT2D eigenvalue weighted by Crippen LogP contribution is -2.47. The molecule has 0 bridgehead atoms. The molecule has 1 fully saturated rings. The summed E-state index contributed by atoms with van der Waals surface area (Å²) in [5.74, 6) is 0.822. The van der Waals surface area contributed by atoms with Gasteiger partial charge in [-0.25, -0.2) is 4.79 Å². The summed E-state index contributed by atoms with van der Waals surface area (Å²) in [7, 11) is 0. The smallest absolute Gasteiger partial charge is 0.407 e. The van der Waals surface area contributed by atoms with Gasteiger partial charge in [0.1, 0.15) is 5.75 Å². The van der Waals surface area contributed by atoms with Crippen LogP contribution in [-0.4, -0.2) is 41.8 Å². The number of ether oxygens (including phenoxy) is 1. The molecule has 1 aliphatic heterocycles. The molecule has 1 atom stereocenters. The van der Waals surface area contributed by atoms with E-state index in [2.05, 4.69) is 5.32 Å². The van der Waals surface area contributed by atoms with E-state index < -0.39 is 6.09 Å². The lowest BCUT2D eigenvalue weighted by atomic mass is 10.0. The van der Waals surface area contributed by atoms with Gasteiger partial charge in [0.2, 0.25) is 0 Å². The molecule has 1 aromatic carbocycles. The second-order valence-corrected chi connectivity index (χ2v) is 4.94. The third-order valence-electron chi connectivity index (χ3n) is 3.10. The Morgan fingerprint density at radius 1 is 1.47 bits per heavy atom. The molecule has 5 heteroatoms. The maximum Gasteiger partial charge on any atom is 0.407 e. The van der Waals surface area contributed by atoms with Crippen LogP contribution in [0.4, 0.5) is 4.79 Å². The summed E-state index contributed by atoms with van der Waals surface area (Å²) in [6, 6.07) is 7.78. The Bertz CT molecular complexity index is 448. The zero-order valence-electron chi connectivity index (χ0n) is 11.3. The zero-order valence-corrected chi connectivity index (χ0v) is 11.3. The minimum atomic E-state index is -0.867. The van der Waals surface area contributed by atoms with Gasteiger partial charge in [0.25, 0.3) is 0 Å². The average Bonchev–Trinajstić information content (AvgIpc) is 2.39. The van der Waals surface area contributed by atoms with Gasteiger partial charge in [-0.05, 0) is 19.9 Å². The summed E-state index contributed by atoms with van der Waals surface area (Å²) in [4.78, 5) is 12.5. The Morgan fingerprint density at radius 3 is 2.89 bits per heavy atom. The summed E-state index contributed by atoms with van der Waals surface area (Å²) in [6.07, 6.45) is -0.769. The Hall–Kier alpha value is -1.75. The van der Waals surface area contributed by atoms with Crippen molar-refractivity contribution in [2.75, 3.05) is 19.6 Å². The van der Waals surface area contributed by atoms with Crippen LogP contribution in [0.15, 0.2) is 24.3 Å². The normalized spacial score (nSPS) is 19.5. The van der Waals surface area contributed by atoms with Crippen LogP contribution in [0.1, 0.15) is 25.5 Å². The maximum atomic E-state index is 11.1. The molecule has 2 rings (SSSR count). The summed E-state index contributed by atoms with van der Waals surface area (Å²) in [5, 5.41) is 12.4. The van der Waals surface area contributed by atoms with Crippen molar-refractivity contribution < 1.29 is 14.6 Å². The number of rotatable bonds is 3. The quantitative estimate of drug-likeness (QED) is 0.877. The van der Waals surface area contributed by atoms with Crippen molar-refractivity contribution in [3.63, 3.8) is 0 Å². The molecule has 1 saturated heterocycles. The first kappa shape index (κ1) is 13.7. The highest BCUT2D eigenvalue weighted by molar-refractivity contribution is 5.65. The van der Waals surface area contributed by atoms with Gasteiger partial charge in [-0.15, -0.1) is 0 Å². The Labute approximate surface area is 113 Å². The molecule has 1 aromatic rings. The topological polar surface area (TPSA) is 61.8 Å². The lowest BCUT2D eigenvalue weighted by Gasteiger charge is -2.33. The van der Waals surface area contributed by atoms with E-state index in [9.17, 15) is 4.79 Å². The van der Waals surface area contributed by atoms with Crippen LogP contribution in [0.25, 0.3) is 0 Å². The predicted octanol–water partition coefficient (Wildman–Crippen LogP) is 2.10. The van der Waals surface area contributed by atoms with Gasteiger partial charge in [-0.3, -0.25) is 0 Å². The summed E-state index contributed by atoms with van der Waals surface area (Å²) in [6.45, 7) is 5.60. The highest BCUT2D eigenvalue weighted by Gasteiger charge is 2.25. The molecule has 2 N–H and O–H groups in total. The number of nitrogens with one attached hydrogen (secondary N) is 1. The molecule has 1 amide bonds. The molecule has 1 aliphatic rings. The van der Waals surface area contributed by atoms with Gasteiger partial charge < -0.3 is 20.1 Å². The molecule has 0 aromatic heterocycles. The monoisotopic (exact) mass is 264 g/mol. The highest BCUT2D eigenvalue weighted by Crippen LogP contribution is 2.27. The Morgan fingerprint density at radius 2 is 2.21 bits per heavy atom. The van der Waals surface area contributed by atoms with Crippen LogP contribution in [0, 0.1) is 0 Å². The Balaban J connectivity index is 2.18. The van der Waals surface area contributed by atoms with Gasteiger partial charge in [0, 0.05) is 25.2 Å². The lowest BCUT2D eigenvalue weighted by molar-refractivity contribution is 0.128. The van der Waals surface area contributed by atoms with Crippen molar-refractivity contribution in [1.82, 2.24) is 10.2 Å². The van der Waals surface area contributed by atoms with Gasteiger partial charge >= 0.3 is 6.09 Å². The largest absolute Gasteiger partial charge is 0.491 e. The van der Waals surface area contributed by atoms with Gasteiger partial charge in [-0.1, -0.05) is 18.2 Å². The molecule has 0 radical (unpaired) electrons. The average molecular weight is 264 g/mol. The van der Waals surface area contributed by atoms with Crippen molar-refractivity contribution >= 4 is 6.09 Å². The fourth-order valence-electron chi connectivity index (χ4n) is 2.26. The van der Waals surface area contributed by atoms with Crippen molar-refractivity contribution in [3.8, 4) is 5.75 Å². The number of piperazine rings is 1. The van der Waals surface area contributed by atoms with Gasteiger partial charge in [0.05, 0.1) is 12.1 Å². The van der Waals surface area contributed by atoms with E-state index in [0.717, 1.165) is 11.3 Å². The van der Waals surface area contributed by atoms with E-state index in [4.69, 9.17) is 9.84 Å². The predicted molar refractivity (Wildman–Crippen MR) is 72.5 cm³/mol. The molecular formula is C14H20N2O3. The van der Waals surface area contributed by atoms with E-state index in [1.54, 1.807) is 0 Å². The molecule has 104 valence electrons. The van der Waals surface area contributed by atoms with Crippen LogP contribution in [0.2, 0.25) is 0 Å². The second-order valence-electron chi connectivity index (χ2n) is 4.94. The zero-order chi connectivity index (χ0) is 13.8. The van der Waals surface area contributed by atoms with Crippen LogP contribution in [0.5, 0.6) is 5.75 Å². The van der Waals surface area contributed by atoms with Crippen LogP contribution in [0.3, 0.4) is 0 Å². The Kier molecular flexibility index (Phi) is 4.27. The summed E-state index contributed by atoms with van der Waals surface area (Å²) >= 11 is 0. The van der Waals surface area contributed by atoms with E-state index in [0.29, 0.717) is 19.6 Å². The molecule has 0 saturated carbocycles. The number of hydrogen-bond donors (Lipinski definition) is 2. The van der Waals surface area contributed by atoms with E-state index in [-0.39, 0.29) is 12.1 Å². The summed E-state index contributed by atoms with van der Waals surface area (Å²) in [5.41, 5.74) is 1.02. The van der Waals surface area contributed by atoms with E-state index in [1.165, 1.54) is 4.90 Å². The van der Waals surface area contributed by atoms with Crippen molar-refractivity contribution in [2.45, 2.75) is 26.0 Å². The minimum absolute atomic E-state index is 0.0141. The summed E-state index contributed by atoms with van der Waals surface area (Å²) < 4.78 is 5.79. The standard InChI is InChI=1S/C14H20N2O3/c1-10(2)19-13-6-4-3-5-11(13)12-9-16(14(17)18)8-7-15-12/h3-6,10,12,15H,7-9H2,1-2H3,(H,17,18). The number of amides is 1.